The highest BCUT2D eigenvalue weighted by atomic mass is 35.5. The Kier molecular flexibility index (Phi) is 5.25. The molecule has 2 rings (SSSR count). The summed E-state index contributed by atoms with van der Waals surface area (Å²) in [7, 11) is 0. The molecule has 0 saturated carbocycles. The Hall–Kier alpha value is 0.340. The smallest absolute Gasteiger partial charge is 0.0704 e. The van der Waals surface area contributed by atoms with Crippen LogP contribution < -0.4 is 0 Å². The quantitative estimate of drug-likeness (QED) is 0.562. The van der Waals surface area contributed by atoms with Crippen molar-refractivity contribution in [3.05, 3.63) is 11.6 Å². The molecule has 2 fully saturated rings. The van der Waals surface area contributed by atoms with Crippen LogP contribution in [-0.2, 0) is 4.74 Å². The van der Waals surface area contributed by atoms with Gasteiger partial charge < -0.3 is 4.74 Å². The molecule has 3 heteroatoms. The van der Waals surface area contributed by atoms with Crippen molar-refractivity contribution < 1.29 is 4.74 Å². The molecule has 0 amide bonds. The zero-order valence-electron chi connectivity index (χ0n) is 10.7. The number of allylic oxidation sites excluding steroid dienone is 2. The van der Waals surface area contributed by atoms with Crippen LogP contribution in [0.15, 0.2) is 11.6 Å². The molecule has 0 bridgehead atoms. The summed E-state index contributed by atoms with van der Waals surface area (Å²) >= 11 is 7.83. The van der Waals surface area contributed by atoms with E-state index in [9.17, 15) is 0 Å². The largest absolute Gasteiger partial charge is 0.375 e. The minimum atomic E-state index is 0.213. The highest BCUT2D eigenvalue weighted by molar-refractivity contribution is 7.99. The maximum Gasteiger partial charge on any atom is 0.0704 e. The van der Waals surface area contributed by atoms with Crippen LogP contribution in [0.2, 0.25) is 0 Å². The van der Waals surface area contributed by atoms with Crippen molar-refractivity contribution in [2.45, 2.75) is 44.6 Å². The molecule has 0 aromatic carbocycles. The second-order valence-corrected chi connectivity index (χ2v) is 6.86. The number of rotatable bonds is 3. The average molecular weight is 275 g/mol. The van der Waals surface area contributed by atoms with E-state index < -0.39 is 0 Å². The molecule has 1 unspecified atom stereocenters. The van der Waals surface area contributed by atoms with Crippen molar-refractivity contribution in [2.75, 3.05) is 24.0 Å². The highest BCUT2D eigenvalue weighted by Gasteiger charge is 2.38. The predicted octanol–water partition coefficient (Wildman–Crippen LogP) is 4.25. The van der Waals surface area contributed by atoms with E-state index in [1.165, 1.54) is 42.8 Å². The molecule has 0 aromatic heterocycles. The van der Waals surface area contributed by atoms with E-state index in [-0.39, 0.29) is 5.60 Å². The number of ether oxygens (including phenoxy) is 1. The maximum absolute atomic E-state index is 6.12. The van der Waals surface area contributed by atoms with Crippen LogP contribution in [0.25, 0.3) is 0 Å². The van der Waals surface area contributed by atoms with Gasteiger partial charge in [0.25, 0.3) is 0 Å². The lowest BCUT2D eigenvalue weighted by Gasteiger charge is -2.43. The van der Waals surface area contributed by atoms with Crippen LogP contribution in [0, 0.1) is 5.92 Å². The SMILES string of the molecule is CC(=CCCCl)C1CCOC2(CCSCC2)C1. The first-order valence-electron chi connectivity index (χ1n) is 6.70. The van der Waals surface area contributed by atoms with Gasteiger partial charge in [-0.3, -0.25) is 0 Å². The number of hydrogen-bond acceptors (Lipinski definition) is 2. The first-order valence-corrected chi connectivity index (χ1v) is 8.39. The standard InChI is InChI=1S/C14H23ClOS/c1-12(3-2-7-15)13-4-8-16-14(11-13)5-9-17-10-6-14/h3,13H,2,4-11H2,1H3. The van der Waals surface area contributed by atoms with Gasteiger partial charge in [-0.15, -0.1) is 11.6 Å². The third-order valence-electron chi connectivity index (χ3n) is 4.12. The number of alkyl halides is 1. The Balaban J connectivity index is 1.96. The minimum absolute atomic E-state index is 0.213. The Morgan fingerprint density at radius 1 is 1.47 bits per heavy atom. The Labute approximate surface area is 114 Å². The van der Waals surface area contributed by atoms with Crippen LogP contribution in [-0.4, -0.2) is 29.6 Å². The van der Waals surface area contributed by atoms with Crippen molar-refractivity contribution in [1.29, 1.82) is 0 Å². The summed E-state index contributed by atoms with van der Waals surface area (Å²) in [5.74, 6) is 4.02. The first kappa shape index (κ1) is 13.8. The zero-order valence-corrected chi connectivity index (χ0v) is 12.3. The van der Waals surface area contributed by atoms with E-state index in [1.54, 1.807) is 0 Å². The van der Waals surface area contributed by atoms with Crippen LogP contribution >= 0.6 is 23.4 Å². The van der Waals surface area contributed by atoms with Gasteiger partial charge in [-0.1, -0.05) is 11.6 Å². The van der Waals surface area contributed by atoms with E-state index in [2.05, 4.69) is 24.8 Å². The van der Waals surface area contributed by atoms with Crippen LogP contribution in [0.3, 0.4) is 0 Å². The molecule has 2 heterocycles. The van der Waals surface area contributed by atoms with E-state index in [0.29, 0.717) is 0 Å². The second kappa shape index (κ2) is 6.49. The van der Waals surface area contributed by atoms with Gasteiger partial charge in [0.1, 0.15) is 0 Å². The Morgan fingerprint density at radius 2 is 2.24 bits per heavy atom. The summed E-state index contributed by atoms with van der Waals surface area (Å²) in [6, 6.07) is 0. The fourth-order valence-corrected chi connectivity index (χ4v) is 4.30. The summed E-state index contributed by atoms with van der Waals surface area (Å²) in [6.07, 6.45) is 8.26. The zero-order chi connectivity index (χ0) is 12.1. The van der Waals surface area contributed by atoms with E-state index in [4.69, 9.17) is 16.3 Å². The molecule has 0 radical (unpaired) electrons. The lowest BCUT2D eigenvalue weighted by Crippen LogP contribution is -2.43. The molecule has 0 aliphatic carbocycles. The fraction of sp³-hybridized carbons (Fsp3) is 0.857. The number of halogens is 1. The lowest BCUT2D eigenvalue weighted by atomic mass is 9.79. The molecule has 2 aliphatic heterocycles. The summed E-state index contributed by atoms with van der Waals surface area (Å²) in [5, 5.41) is 0. The van der Waals surface area contributed by atoms with Crippen molar-refractivity contribution in [3.63, 3.8) is 0 Å². The molecule has 1 nitrogen and oxygen atoms in total. The van der Waals surface area contributed by atoms with Gasteiger partial charge >= 0.3 is 0 Å². The van der Waals surface area contributed by atoms with E-state index in [1.807, 2.05) is 0 Å². The van der Waals surface area contributed by atoms with Gasteiger partial charge in [-0.2, -0.15) is 11.8 Å². The van der Waals surface area contributed by atoms with E-state index in [0.717, 1.165) is 24.8 Å². The normalized spacial score (nSPS) is 29.5. The van der Waals surface area contributed by atoms with E-state index >= 15 is 0 Å². The van der Waals surface area contributed by atoms with Gasteiger partial charge in [-0.25, -0.2) is 0 Å². The number of hydrogen-bond donors (Lipinski definition) is 0. The Morgan fingerprint density at radius 3 is 2.94 bits per heavy atom. The van der Waals surface area contributed by atoms with Crippen molar-refractivity contribution in [3.8, 4) is 0 Å². The highest BCUT2D eigenvalue weighted by Crippen LogP contribution is 2.41. The second-order valence-electron chi connectivity index (χ2n) is 5.26. The first-order chi connectivity index (χ1) is 8.26. The predicted molar refractivity (Wildman–Crippen MR) is 77.1 cm³/mol. The van der Waals surface area contributed by atoms with Gasteiger partial charge in [0.2, 0.25) is 0 Å². The summed E-state index contributed by atoms with van der Waals surface area (Å²) in [6.45, 7) is 3.22. The molecular weight excluding hydrogens is 252 g/mol. The van der Waals surface area contributed by atoms with Crippen LogP contribution in [0.5, 0.6) is 0 Å². The molecule has 0 aromatic rings. The summed E-state index contributed by atoms with van der Waals surface area (Å²) < 4.78 is 6.12. The summed E-state index contributed by atoms with van der Waals surface area (Å²) in [4.78, 5) is 0. The average Bonchev–Trinajstić information content (AvgIpc) is 2.37. The van der Waals surface area contributed by atoms with Crippen LogP contribution in [0.4, 0.5) is 0 Å². The molecular formula is C14H23ClOS. The minimum Gasteiger partial charge on any atom is -0.375 e. The molecule has 17 heavy (non-hydrogen) atoms. The van der Waals surface area contributed by atoms with Gasteiger partial charge in [-0.05, 0) is 56.5 Å². The lowest BCUT2D eigenvalue weighted by molar-refractivity contribution is -0.0965. The van der Waals surface area contributed by atoms with Gasteiger partial charge in [0.15, 0.2) is 0 Å². The molecule has 2 saturated heterocycles. The Bertz CT molecular complexity index is 266. The van der Waals surface area contributed by atoms with Crippen LogP contribution in [0.1, 0.15) is 39.0 Å². The van der Waals surface area contributed by atoms with Gasteiger partial charge in [0, 0.05) is 12.5 Å². The van der Waals surface area contributed by atoms with Crippen molar-refractivity contribution >= 4 is 23.4 Å². The molecule has 98 valence electrons. The van der Waals surface area contributed by atoms with Crippen molar-refractivity contribution in [2.24, 2.45) is 5.92 Å². The summed E-state index contributed by atoms with van der Waals surface area (Å²) in [5.41, 5.74) is 1.75. The van der Waals surface area contributed by atoms with Gasteiger partial charge in [0.05, 0.1) is 5.60 Å². The topological polar surface area (TPSA) is 9.23 Å². The molecule has 0 N–H and O–H groups in total. The number of thioether (sulfide) groups is 1. The molecule has 2 aliphatic rings. The maximum atomic E-state index is 6.12. The van der Waals surface area contributed by atoms with Crippen molar-refractivity contribution in [1.82, 2.24) is 0 Å². The third-order valence-corrected chi connectivity index (χ3v) is 5.32. The third kappa shape index (κ3) is 3.65. The molecule has 1 spiro atoms. The molecule has 1 atom stereocenters. The monoisotopic (exact) mass is 274 g/mol. The fourth-order valence-electron chi connectivity index (χ4n) is 2.96.